The number of halogens is 1. The zero-order chi connectivity index (χ0) is 15.4. The maximum Gasteiger partial charge on any atom is 0.165 e. The van der Waals surface area contributed by atoms with Gasteiger partial charge in [0.1, 0.15) is 0 Å². The second-order valence-corrected chi connectivity index (χ2v) is 5.23. The third kappa shape index (κ3) is 2.90. The Labute approximate surface area is 132 Å². The van der Waals surface area contributed by atoms with Gasteiger partial charge in [0.25, 0.3) is 0 Å². The summed E-state index contributed by atoms with van der Waals surface area (Å²) in [5.41, 5.74) is 4.66. The number of hydrazine groups is 1. The Morgan fingerprint density at radius 2 is 2.14 bits per heavy atom. The van der Waals surface area contributed by atoms with Gasteiger partial charge in [-0.05, 0) is 28.9 Å². The van der Waals surface area contributed by atoms with E-state index < -0.39 is 0 Å². The van der Waals surface area contributed by atoms with E-state index in [9.17, 15) is 0 Å². The molecule has 0 saturated heterocycles. The maximum absolute atomic E-state index is 5.80. The molecule has 1 heterocycles. The average Bonchev–Trinajstić information content (AvgIpc) is 2.89. The Morgan fingerprint density at radius 1 is 1.38 bits per heavy atom. The summed E-state index contributed by atoms with van der Waals surface area (Å²) in [7, 11) is 3.22. The van der Waals surface area contributed by atoms with Gasteiger partial charge in [0.2, 0.25) is 0 Å². The Hall–Kier alpha value is -1.57. The number of hydrogen-bond acceptors (Lipinski definition) is 5. The molecule has 1 unspecified atom stereocenters. The van der Waals surface area contributed by atoms with Crippen LogP contribution in [0.15, 0.2) is 28.9 Å². The van der Waals surface area contributed by atoms with Crippen LogP contribution in [0.3, 0.4) is 0 Å². The van der Waals surface area contributed by atoms with E-state index in [-0.39, 0.29) is 6.04 Å². The normalized spacial score (nSPS) is 12.2. The molecule has 2 aromatic rings. The topological polar surface area (TPSA) is 74.3 Å². The lowest BCUT2D eigenvalue weighted by Gasteiger charge is -2.22. The third-order valence-electron chi connectivity index (χ3n) is 3.32. The van der Waals surface area contributed by atoms with E-state index in [4.69, 9.17) is 15.3 Å². The van der Waals surface area contributed by atoms with Crippen LogP contribution in [-0.2, 0) is 6.54 Å². The Balaban J connectivity index is 2.59. The zero-order valence-corrected chi connectivity index (χ0v) is 13.8. The largest absolute Gasteiger partial charge is 0.493 e. The third-order valence-corrected chi connectivity index (χ3v) is 3.93. The second-order valence-electron chi connectivity index (χ2n) is 4.38. The van der Waals surface area contributed by atoms with Crippen molar-refractivity contribution < 1.29 is 9.47 Å². The molecule has 1 aromatic carbocycles. The smallest absolute Gasteiger partial charge is 0.165 e. The van der Waals surface area contributed by atoms with Crippen molar-refractivity contribution in [1.29, 1.82) is 0 Å². The van der Waals surface area contributed by atoms with Gasteiger partial charge < -0.3 is 9.47 Å². The monoisotopic (exact) mass is 354 g/mol. The molecule has 0 radical (unpaired) electrons. The first-order valence-electron chi connectivity index (χ1n) is 6.56. The first-order chi connectivity index (χ1) is 10.2. The van der Waals surface area contributed by atoms with Crippen molar-refractivity contribution in [3.8, 4) is 11.5 Å². The van der Waals surface area contributed by atoms with Crippen LogP contribution in [0.5, 0.6) is 11.5 Å². The van der Waals surface area contributed by atoms with Gasteiger partial charge in [0, 0.05) is 12.1 Å². The fourth-order valence-corrected chi connectivity index (χ4v) is 2.89. The number of hydrogen-bond donors (Lipinski definition) is 2. The molecule has 0 bridgehead atoms. The number of para-hydroxylation sites is 1. The van der Waals surface area contributed by atoms with Crippen LogP contribution in [0, 0.1) is 0 Å². The van der Waals surface area contributed by atoms with Gasteiger partial charge in [-0.15, -0.1) is 0 Å². The molecule has 0 spiro atoms. The van der Waals surface area contributed by atoms with Crippen LogP contribution in [-0.4, -0.2) is 24.0 Å². The van der Waals surface area contributed by atoms with Gasteiger partial charge in [-0.3, -0.25) is 10.5 Å². The summed E-state index contributed by atoms with van der Waals surface area (Å²) >= 11 is 3.53. The van der Waals surface area contributed by atoms with Crippen LogP contribution >= 0.6 is 15.9 Å². The van der Waals surface area contributed by atoms with E-state index in [0.29, 0.717) is 11.5 Å². The molecule has 1 aromatic heterocycles. The molecule has 0 saturated carbocycles. The predicted octanol–water partition coefficient (Wildman–Crippen LogP) is 2.24. The SMILES string of the molecule is CCn1ncc(Br)c1C(NN)c1cccc(OC)c1OC. The van der Waals surface area contributed by atoms with Gasteiger partial charge in [-0.1, -0.05) is 12.1 Å². The van der Waals surface area contributed by atoms with Gasteiger partial charge in [0.05, 0.1) is 36.6 Å². The minimum atomic E-state index is -0.271. The number of aromatic nitrogens is 2. The average molecular weight is 355 g/mol. The number of ether oxygens (including phenoxy) is 2. The molecule has 0 aliphatic heterocycles. The molecule has 0 fully saturated rings. The summed E-state index contributed by atoms with van der Waals surface area (Å²) in [6.07, 6.45) is 1.76. The van der Waals surface area contributed by atoms with Crippen molar-refractivity contribution in [2.75, 3.05) is 14.2 Å². The summed E-state index contributed by atoms with van der Waals surface area (Å²) in [5, 5.41) is 4.33. The molecule has 6 nitrogen and oxygen atoms in total. The fraction of sp³-hybridized carbons (Fsp3) is 0.357. The van der Waals surface area contributed by atoms with E-state index in [1.165, 1.54) is 0 Å². The van der Waals surface area contributed by atoms with Crippen molar-refractivity contribution in [3.63, 3.8) is 0 Å². The Morgan fingerprint density at radius 3 is 2.71 bits per heavy atom. The number of benzene rings is 1. The lowest BCUT2D eigenvalue weighted by Crippen LogP contribution is -2.31. The summed E-state index contributed by atoms with van der Waals surface area (Å²) in [6.45, 7) is 2.77. The Kier molecular flexibility index (Phi) is 5.22. The van der Waals surface area contributed by atoms with Gasteiger partial charge in [-0.25, -0.2) is 5.43 Å². The highest BCUT2D eigenvalue weighted by Gasteiger charge is 2.25. The molecule has 3 N–H and O–H groups in total. The second kappa shape index (κ2) is 6.93. The summed E-state index contributed by atoms with van der Waals surface area (Å²) in [4.78, 5) is 0. The molecular weight excluding hydrogens is 336 g/mol. The Bertz CT molecular complexity index is 615. The highest BCUT2D eigenvalue weighted by Crippen LogP contribution is 2.38. The molecule has 7 heteroatoms. The molecule has 2 rings (SSSR count). The van der Waals surface area contributed by atoms with Gasteiger partial charge in [0.15, 0.2) is 11.5 Å². The van der Waals surface area contributed by atoms with Crippen LogP contribution in [0.1, 0.15) is 24.2 Å². The van der Waals surface area contributed by atoms with Gasteiger partial charge >= 0.3 is 0 Å². The lowest BCUT2D eigenvalue weighted by molar-refractivity contribution is 0.348. The summed E-state index contributed by atoms with van der Waals surface area (Å²) < 4.78 is 13.6. The van der Waals surface area contributed by atoms with Gasteiger partial charge in [-0.2, -0.15) is 5.10 Å². The van der Waals surface area contributed by atoms with Crippen LogP contribution in [0.4, 0.5) is 0 Å². The quantitative estimate of drug-likeness (QED) is 0.614. The highest BCUT2D eigenvalue weighted by molar-refractivity contribution is 9.10. The van der Waals surface area contributed by atoms with Crippen molar-refractivity contribution in [2.24, 2.45) is 5.84 Å². The minimum absolute atomic E-state index is 0.271. The van der Waals surface area contributed by atoms with Crippen molar-refractivity contribution >= 4 is 15.9 Å². The van der Waals surface area contributed by atoms with Crippen LogP contribution in [0.2, 0.25) is 0 Å². The summed E-state index contributed by atoms with van der Waals surface area (Å²) in [6, 6.07) is 5.43. The number of rotatable bonds is 6. The minimum Gasteiger partial charge on any atom is -0.493 e. The van der Waals surface area contributed by atoms with Crippen molar-refractivity contribution in [2.45, 2.75) is 19.5 Å². The standard InChI is InChI=1S/C14H19BrN4O2/c1-4-19-13(10(15)8-17-19)12(18-16)9-6-5-7-11(20-2)14(9)21-3/h5-8,12,18H,4,16H2,1-3H3. The highest BCUT2D eigenvalue weighted by atomic mass is 79.9. The zero-order valence-electron chi connectivity index (χ0n) is 12.3. The van der Waals surface area contributed by atoms with E-state index in [1.54, 1.807) is 20.4 Å². The van der Waals surface area contributed by atoms with E-state index in [0.717, 1.165) is 22.3 Å². The molecule has 21 heavy (non-hydrogen) atoms. The number of nitrogens with zero attached hydrogens (tertiary/aromatic N) is 2. The van der Waals surface area contributed by atoms with Crippen molar-refractivity contribution in [1.82, 2.24) is 15.2 Å². The number of nitrogens with two attached hydrogens (primary N) is 1. The number of nitrogens with one attached hydrogen (secondary N) is 1. The molecule has 1 atom stereocenters. The first-order valence-corrected chi connectivity index (χ1v) is 7.35. The van der Waals surface area contributed by atoms with Crippen LogP contribution in [0.25, 0.3) is 0 Å². The molecular formula is C14H19BrN4O2. The summed E-state index contributed by atoms with van der Waals surface area (Å²) in [5.74, 6) is 7.11. The van der Waals surface area contributed by atoms with E-state index in [1.807, 2.05) is 29.8 Å². The maximum atomic E-state index is 5.80. The van der Waals surface area contributed by atoms with E-state index >= 15 is 0 Å². The number of methoxy groups -OCH3 is 2. The molecule has 0 aliphatic rings. The van der Waals surface area contributed by atoms with Crippen molar-refractivity contribution in [3.05, 3.63) is 40.1 Å². The number of aryl methyl sites for hydroxylation is 1. The lowest BCUT2D eigenvalue weighted by atomic mass is 10.0. The molecule has 114 valence electrons. The first kappa shape index (κ1) is 15.8. The van der Waals surface area contributed by atoms with Crippen LogP contribution < -0.4 is 20.7 Å². The fourth-order valence-electron chi connectivity index (χ4n) is 2.37. The molecule has 0 aliphatic carbocycles. The van der Waals surface area contributed by atoms with E-state index in [2.05, 4.69) is 26.5 Å². The molecule has 0 amide bonds. The predicted molar refractivity (Wildman–Crippen MR) is 84.3 cm³/mol.